The van der Waals surface area contributed by atoms with E-state index in [-0.39, 0.29) is 5.69 Å². The number of nitrogens with zero attached hydrogens (tertiary/aromatic N) is 1. The van der Waals surface area contributed by atoms with E-state index < -0.39 is 4.92 Å². The van der Waals surface area contributed by atoms with Crippen molar-refractivity contribution in [2.24, 2.45) is 0 Å². The lowest BCUT2D eigenvalue weighted by Crippen LogP contribution is -2.26. The first-order valence-electron chi connectivity index (χ1n) is 6.75. The Morgan fingerprint density at radius 3 is 2.86 bits per heavy atom. The van der Waals surface area contributed by atoms with Crippen molar-refractivity contribution in [1.29, 1.82) is 0 Å². The Kier molecular flexibility index (Phi) is 5.52. The number of nitro groups is 1. The molecule has 0 saturated heterocycles. The minimum absolute atomic E-state index is 0.0940. The summed E-state index contributed by atoms with van der Waals surface area (Å²) >= 11 is 3.38. The summed E-state index contributed by atoms with van der Waals surface area (Å²) in [5.41, 5.74) is 1.10. The molecule has 0 bridgehead atoms. The molecule has 0 aliphatic carbocycles. The van der Waals surface area contributed by atoms with E-state index in [2.05, 4.69) is 28.2 Å². The third-order valence-corrected chi connectivity index (χ3v) is 4.03. The van der Waals surface area contributed by atoms with Gasteiger partial charge in [-0.3, -0.25) is 10.1 Å². The summed E-state index contributed by atoms with van der Waals surface area (Å²) in [5.74, 6) is 0.986. The zero-order valence-electron chi connectivity index (χ0n) is 11.7. The van der Waals surface area contributed by atoms with Crippen LogP contribution in [0.4, 0.5) is 5.69 Å². The van der Waals surface area contributed by atoms with Crippen molar-refractivity contribution in [2.45, 2.75) is 32.4 Å². The maximum absolute atomic E-state index is 10.7. The van der Waals surface area contributed by atoms with E-state index >= 15 is 0 Å². The molecule has 5 nitrogen and oxygen atoms in total. The average molecular weight is 353 g/mol. The molecule has 0 radical (unpaired) electrons. The highest BCUT2D eigenvalue weighted by Gasteiger charge is 2.10. The van der Waals surface area contributed by atoms with E-state index in [4.69, 9.17) is 4.42 Å². The molecule has 0 fully saturated rings. The standard InChI is InChI=1S/C15H17BrN2O3/c1-11(4-7-14-3-2-8-21-14)17-10-12-5-6-13(18(19)20)9-15(12)16/h2-3,5-6,8-9,11,17H,4,7,10H2,1H3. The number of hydrogen-bond donors (Lipinski definition) is 1. The second-order valence-corrected chi connectivity index (χ2v) is 5.79. The summed E-state index contributed by atoms with van der Waals surface area (Å²) in [6.45, 7) is 2.78. The Morgan fingerprint density at radius 1 is 1.43 bits per heavy atom. The van der Waals surface area contributed by atoms with Gasteiger partial charge in [-0.05, 0) is 37.1 Å². The van der Waals surface area contributed by atoms with E-state index in [1.165, 1.54) is 12.1 Å². The quantitative estimate of drug-likeness (QED) is 0.602. The molecule has 6 heteroatoms. The molecule has 1 aromatic carbocycles. The van der Waals surface area contributed by atoms with Crippen LogP contribution < -0.4 is 5.32 Å². The van der Waals surface area contributed by atoms with E-state index in [1.54, 1.807) is 12.3 Å². The number of halogens is 1. The zero-order chi connectivity index (χ0) is 15.2. The molecule has 0 amide bonds. The summed E-state index contributed by atoms with van der Waals surface area (Å²) in [7, 11) is 0. The summed E-state index contributed by atoms with van der Waals surface area (Å²) < 4.78 is 6.05. The van der Waals surface area contributed by atoms with Gasteiger partial charge in [0.2, 0.25) is 0 Å². The maximum atomic E-state index is 10.7. The van der Waals surface area contributed by atoms with Crippen LogP contribution in [0.5, 0.6) is 0 Å². The van der Waals surface area contributed by atoms with Crippen LogP contribution in [0, 0.1) is 10.1 Å². The van der Waals surface area contributed by atoms with Gasteiger partial charge in [-0.1, -0.05) is 15.9 Å². The van der Waals surface area contributed by atoms with Crippen LogP contribution in [-0.2, 0) is 13.0 Å². The van der Waals surface area contributed by atoms with Gasteiger partial charge in [0, 0.05) is 35.6 Å². The molecular formula is C15H17BrN2O3. The van der Waals surface area contributed by atoms with E-state index in [0.717, 1.165) is 28.6 Å². The van der Waals surface area contributed by atoms with Gasteiger partial charge in [0.15, 0.2) is 0 Å². The van der Waals surface area contributed by atoms with Gasteiger partial charge in [-0.15, -0.1) is 0 Å². The molecular weight excluding hydrogens is 336 g/mol. The van der Waals surface area contributed by atoms with Gasteiger partial charge < -0.3 is 9.73 Å². The van der Waals surface area contributed by atoms with Crippen molar-refractivity contribution in [3.8, 4) is 0 Å². The molecule has 1 unspecified atom stereocenters. The lowest BCUT2D eigenvalue weighted by molar-refractivity contribution is -0.384. The fraction of sp³-hybridized carbons (Fsp3) is 0.333. The Balaban J connectivity index is 1.83. The molecule has 1 heterocycles. The topological polar surface area (TPSA) is 68.3 Å². The van der Waals surface area contributed by atoms with Crippen molar-refractivity contribution < 1.29 is 9.34 Å². The largest absolute Gasteiger partial charge is 0.469 e. The lowest BCUT2D eigenvalue weighted by atomic mass is 10.1. The van der Waals surface area contributed by atoms with Gasteiger partial charge in [0.1, 0.15) is 5.76 Å². The third kappa shape index (κ3) is 4.68. The van der Waals surface area contributed by atoms with Crippen molar-refractivity contribution in [3.05, 3.63) is 62.5 Å². The average Bonchev–Trinajstić information content (AvgIpc) is 2.97. The monoisotopic (exact) mass is 352 g/mol. The second-order valence-electron chi connectivity index (χ2n) is 4.93. The number of benzene rings is 1. The minimum Gasteiger partial charge on any atom is -0.469 e. The molecule has 0 spiro atoms. The van der Waals surface area contributed by atoms with E-state index in [0.29, 0.717) is 12.6 Å². The highest BCUT2D eigenvalue weighted by Crippen LogP contribution is 2.23. The Labute approximate surface area is 131 Å². The van der Waals surface area contributed by atoms with Crippen molar-refractivity contribution in [2.75, 3.05) is 0 Å². The van der Waals surface area contributed by atoms with Gasteiger partial charge in [-0.2, -0.15) is 0 Å². The smallest absolute Gasteiger partial charge is 0.270 e. The number of aryl methyl sites for hydroxylation is 1. The van der Waals surface area contributed by atoms with Crippen LogP contribution >= 0.6 is 15.9 Å². The van der Waals surface area contributed by atoms with Crippen molar-refractivity contribution in [1.82, 2.24) is 5.32 Å². The predicted molar refractivity (Wildman–Crippen MR) is 84.1 cm³/mol. The first-order chi connectivity index (χ1) is 10.1. The van der Waals surface area contributed by atoms with Crippen LogP contribution in [-0.4, -0.2) is 11.0 Å². The minimum atomic E-state index is -0.395. The second kappa shape index (κ2) is 7.38. The number of furan rings is 1. The number of hydrogen-bond acceptors (Lipinski definition) is 4. The summed E-state index contributed by atoms with van der Waals surface area (Å²) in [6.07, 6.45) is 3.54. The summed E-state index contributed by atoms with van der Waals surface area (Å²) in [6, 6.07) is 9.02. The number of nitrogens with one attached hydrogen (secondary N) is 1. The summed E-state index contributed by atoms with van der Waals surface area (Å²) in [4.78, 5) is 10.3. The Bertz CT molecular complexity index is 599. The molecule has 0 saturated carbocycles. The van der Waals surface area contributed by atoms with Crippen LogP contribution in [0.15, 0.2) is 45.5 Å². The van der Waals surface area contributed by atoms with Crippen molar-refractivity contribution >= 4 is 21.6 Å². The first-order valence-corrected chi connectivity index (χ1v) is 7.54. The van der Waals surface area contributed by atoms with Crippen LogP contribution in [0.25, 0.3) is 0 Å². The molecule has 0 aliphatic heterocycles. The Hall–Kier alpha value is -1.66. The van der Waals surface area contributed by atoms with Gasteiger partial charge in [0.25, 0.3) is 5.69 Å². The van der Waals surface area contributed by atoms with Gasteiger partial charge >= 0.3 is 0 Å². The van der Waals surface area contributed by atoms with Crippen LogP contribution in [0.1, 0.15) is 24.7 Å². The van der Waals surface area contributed by atoms with Crippen LogP contribution in [0.2, 0.25) is 0 Å². The highest BCUT2D eigenvalue weighted by atomic mass is 79.9. The molecule has 112 valence electrons. The third-order valence-electron chi connectivity index (χ3n) is 3.29. The van der Waals surface area contributed by atoms with Crippen molar-refractivity contribution in [3.63, 3.8) is 0 Å². The zero-order valence-corrected chi connectivity index (χ0v) is 13.3. The number of rotatable bonds is 7. The number of non-ortho nitro benzene ring substituents is 1. The first kappa shape index (κ1) is 15.7. The molecule has 1 N–H and O–H groups in total. The molecule has 21 heavy (non-hydrogen) atoms. The summed E-state index contributed by atoms with van der Waals surface area (Å²) in [5, 5.41) is 14.1. The lowest BCUT2D eigenvalue weighted by Gasteiger charge is -2.14. The molecule has 2 aromatic rings. The van der Waals surface area contributed by atoms with E-state index in [1.807, 2.05) is 12.1 Å². The normalized spacial score (nSPS) is 12.3. The molecule has 1 atom stereocenters. The highest BCUT2D eigenvalue weighted by molar-refractivity contribution is 9.10. The molecule has 1 aromatic heterocycles. The fourth-order valence-electron chi connectivity index (χ4n) is 1.99. The maximum Gasteiger partial charge on any atom is 0.270 e. The Morgan fingerprint density at radius 2 is 2.24 bits per heavy atom. The molecule has 0 aliphatic rings. The van der Waals surface area contributed by atoms with Crippen LogP contribution in [0.3, 0.4) is 0 Å². The van der Waals surface area contributed by atoms with E-state index in [9.17, 15) is 10.1 Å². The molecule has 2 rings (SSSR count). The van der Waals surface area contributed by atoms with Gasteiger partial charge in [0.05, 0.1) is 11.2 Å². The van der Waals surface area contributed by atoms with Gasteiger partial charge in [-0.25, -0.2) is 0 Å². The number of nitro benzene ring substituents is 1. The SMILES string of the molecule is CC(CCc1ccco1)NCc1ccc([N+](=O)[O-])cc1Br. The fourth-order valence-corrected chi connectivity index (χ4v) is 2.50. The predicted octanol–water partition coefficient (Wildman–Crippen LogP) is 4.06.